The van der Waals surface area contributed by atoms with Crippen LogP contribution in [0.5, 0.6) is 5.75 Å². The first-order valence-corrected chi connectivity index (χ1v) is 10.8. The average Bonchev–Trinajstić information content (AvgIpc) is 3.29. The summed E-state index contributed by atoms with van der Waals surface area (Å²) in [6.45, 7) is 2.97. The third kappa shape index (κ3) is 4.56. The van der Waals surface area contributed by atoms with E-state index in [0.29, 0.717) is 39.3 Å². The molecule has 2 saturated heterocycles. The largest absolute Gasteiger partial charge is 0.491 e. The van der Waals surface area contributed by atoms with Gasteiger partial charge in [0.15, 0.2) is 5.60 Å². The quantitative estimate of drug-likeness (QED) is 0.741. The molecule has 3 heterocycles. The van der Waals surface area contributed by atoms with E-state index < -0.39 is 5.60 Å². The maximum atomic E-state index is 13.1. The molecular formula is C22H31N3O4. The summed E-state index contributed by atoms with van der Waals surface area (Å²) in [6.07, 6.45) is 5.20. The highest BCUT2D eigenvalue weighted by atomic mass is 16.5. The average molecular weight is 402 g/mol. The van der Waals surface area contributed by atoms with Gasteiger partial charge in [-0.1, -0.05) is 18.2 Å². The molecule has 1 unspecified atom stereocenters. The summed E-state index contributed by atoms with van der Waals surface area (Å²) in [7, 11) is 0. The lowest BCUT2D eigenvalue weighted by molar-refractivity contribution is -0.168. The normalized spacial score (nSPS) is 28.6. The Hall–Kier alpha value is -2.12. The first-order chi connectivity index (χ1) is 14.2. The van der Waals surface area contributed by atoms with Crippen LogP contribution in [-0.4, -0.2) is 67.7 Å². The number of hydrogen-bond acceptors (Lipinski definition) is 5. The number of ether oxygens (including phenoxy) is 2. The van der Waals surface area contributed by atoms with E-state index in [4.69, 9.17) is 9.47 Å². The topological polar surface area (TPSA) is 79.9 Å². The first-order valence-electron chi connectivity index (χ1n) is 10.8. The number of carbonyl (C=O) groups is 2. The van der Waals surface area contributed by atoms with Gasteiger partial charge in [0.05, 0.1) is 25.7 Å². The van der Waals surface area contributed by atoms with Crippen molar-refractivity contribution in [3.8, 4) is 5.75 Å². The molecule has 2 atom stereocenters. The molecule has 2 N–H and O–H groups in total. The van der Waals surface area contributed by atoms with Gasteiger partial charge in [-0.3, -0.25) is 9.59 Å². The predicted octanol–water partition coefficient (Wildman–Crippen LogP) is 1.26. The zero-order valence-corrected chi connectivity index (χ0v) is 17.0. The minimum absolute atomic E-state index is 0.0985. The second-order valence-corrected chi connectivity index (χ2v) is 8.17. The lowest BCUT2D eigenvalue weighted by Crippen LogP contribution is -2.62. The molecule has 29 heavy (non-hydrogen) atoms. The SMILES string of the molecule is O=C([C@H]1CCCN1)N1CCOC2(CCCCc3ccccc3OCCNC2=O)C1. The number of para-hydroxylation sites is 1. The van der Waals surface area contributed by atoms with Gasteiger partial charge in [-0.15, -0.1) is 0 Å². The minimum atomic E-state index is -0.967. The fourth-order valence-corrected chi connectivity index (χ4v) is 4.55. The molecule has 158 valence electrons. The van der Waals surface area contributed by atoms with Crippen molar-refractivity contribution in [3.05, 3.63) is 29.8 Å². The van der Waals surface area contributed by atoms with Crippen LogP contribution in [0.4, 0.5) is 0 Å². The number of fused-ring (bicyclic) bond motifs is 1. The smallest absolute Gasteiger partial charge is 0.254 e. The van der Waals surface area contributed by atoms with Crippen molar-refractivity contribution < 1.29 is 19.1 Å². The summed E-state index contributed by atoms with van der Waals surface area (Å²) >= 11 is 0. The molecule has 7 nitrogen and oxygen atoms in total. The van der Waals surface area contributed by atoms with Crippen LogP contribution in [-0.2, 0) is 20.7 Å². The van der Waals surface area contributed by atoms with Crippen LogP contribution in [0.1, 0.15) is 37.7 Å². The number of morpholine rings is 1. The molecule has 2 amide bonds. The molecule has 0 aliphatic carbocycles. The first kappa shape index (κ1) is 20.2. The van der Waals surface area contributed by atoms with Gasteiger partial charge < -0.3 is 25.0 Å². The summed E-state index contributed by atoms with van der Waals surface area (Å²) < 4.78 is 12.0. The Labute approximate surface area is 172 Å². The van der Waals surface area contributed by atoms with E-state index in [1.165, 1.54) is 5.56 Å². The summed E-state index contributed by atoms with van der Waals surface area (Å²) in [4.78, 5) is 27.8. The van der Waals surface area contributed by atoms with Crippen molar-refractivity contribution in [1.29, 1.82) is 0 Å². The number of hydrogen-bond donors (Lipinski definition) is 2. The van der Waals surface area contributed by atoms with Crippen LogP contribution in [0.2, 0.25) is 0 Å². The Morgan fingerprint density at radius 2 is 2.03 bits per heavy atom. The number of nitrogens with zero attached hydrogens (tertiary/aromatic N) is 1. The van der Waals surface area contributed by atoms with Crippen molar-refractivity contribution in [2.24, 2.45) is 0 Å². The van der Waals surface area contributed by atoms with E-state index in [-0.39, 0.29) is 17.9 Å². The molecule has 0 radical (unpaired) electrons. The molecule has 1 aromatic rings. The second kappa shape index (κ2) is 9.13. The fraction of sp³-hybridized carbons (Fsp3) is 0.636. The van der Waals surface area contributed by atoms with E-state index in [9.17, 15) is 9.59 Å². The van der Waals surface area contributed by atoms with Gasteiger partial charge in [-0.2, -0.15) is 0 Å². The predicted molar refractivity (Wildman–Crippen MR) is 109 cm³/mol. The number of carbonyl (C=O) groups excluding carboxylic acids is 2. The van der Waals surface area contributed by atoms with Crippen LogP contribution in [0, 0.1) is 0 Å². The Balaban J connectivity index is 1.46. The van der Waals surface area contributed by atoms with Gasteiger partial charge >= 0.3 is 0 Å². The molecule has 1 aromatic carbocycles. The monoisotopic (exact) mass is 401 g/mol. The summed E-state index contributed by atoms with van der Waals surface area (Å²) in [6, 6.07) is 7.96. The van der Waals surface area contributed by atoms with Crippen LogP contribution >= 0.6 is 0 Å². The maximum Gasteiger partial charge on any atom is 0.254 e. The lowest BCUT2D eigenvalue weighted by atomic mass is 9.91. The number of rotatable bonds is 1. The molecule has 7 heteroatoms. The molecule has 3 aliphatic heterocycles. The van der Waals surface area contributed by atoms with Crippen molar-refractivity contribution in [1.82, 2.24) is 15.5 Å². The number of benzene rings is 1. The fourth-order valence-electron chi connectivity index (χ4n) is 4.55. The molecule has 4 rings (SSSR count). The van der Waals surface area contributed by atoms with Crippen molar-refractivity contribution in [3.63, 3.8) is 0 Å². The van der Waals surface area contributed by atoms with E-state index in [1.54, 1.807) is 0 Å². The Morgan fingerprint density at radius 3 is 2.90 bits per heavy atom. The van der Waals surface area contributed by atoms with Crippen LogP contribution < -0.4 is 15.4 Å². The van der Waals surface area contributed by atoms with Crippen molar-refractivity contribution in [2.75, 3.05) is 39.4 Å². The minimum Gasteiger partial charge on any atom is -0.491 e. The van der Waals surface area contributed by atoms with Gasteiger partial charge in [0.1, 0.15) is 12.4 Å². The molecule has 3 aliphatic rings. The van der Waals surface area contributed by atoms with Crippen LogP contribution in [0.3, 0.4) is 0 Å². The zero-order chi connectivity index (χ0) is 20.1. The highest BCUT2D eigenvalue weighted by molar-refractivity contribution is 5.88. The molecule has 1 spiro atoms. The zero-order valence-electron chi connectivity index (χ0n) is 17.0. The summed E-state index contributed by atoms with van der Waals surface area (Å²) in [5, 5.41) is 6.25. The Kier molecular flexibility index (Phi) is 6.35. The van der Waals surface area contributed by atoms with E-state index in [1.807, 2.05) is 23.1 Å². The maximum absolute atomic E-state index is 13.1. The van der Waals surface area contributed by atoms with Gasteiger partial charge in [0.2, 0.25) is 5.91 Å². The molecule has 0 aromatic heterocycles. The van der Waals surface area contributed by atoms with Gasteiger partial charge in [0.25, 0.3) is 5.91 Å². The summed E-state index contributed by atoms with van der Waals surface area (Å²) in [5.41, 5.74) is 0.229. The third-order valence-electron chi connectivity index (χ3n) is 6.16. The van der Waals surface area contributed by atoms with Crippen LogP contribution in [0.15, 0.2) is 24.3 Å². The number of amides is 2. The highest BCUT2D eigenvalue weighted by Gasteiger charge is 2.45. The third-order valence-corrected chi connectivity index (χ3v) is 6.16. The van der Waals surface area contributed by atoms with Crippen LogP contribution in [0.25, 0.3) is 0 Å². The van der Waals surface area contributed by atoms with E-state index in [2.05, 4.69) is 16.7 Å². The Bertz CT molecular complexity index is 735. The molecule has 0 bridgehead atoms. The molecule has 2 fully saturated rings. The number of aryl methyl sites for hydroxylation is 1. The van der Waals surface area contributed by atoms with E-state index in [0.717, 1.165) is 44.4 Å². The second-order valence-electron chi connectivity index (χ2n) is 8.17. The van der Waals surface area contributed by atoms with Crippen molar-refractivity contribution in [2.45, 2.75) is 50.2 Å². The molecular weight excluding hydrogens is 370 g/mol. The Morgan fingerprint density at radius 1 is 1.14 bits per heavy atom. The van der Waals surface area contributed by atoms with Gasteiger partial charge in [-0.25, -0.2) is 0 Å². The van der Waals surface area contributed by atoms with Crippen molar-refractivity contribution >= 4 is 11.8 Å². The van der Waals surface area contributed by atoms with E-state index >= 15 is 0 Å². The number of nitrogens with one attached hydrogen (secondary N) is 2. The standard InChI is InChI=1S/C22H31N3O4/c26-20(18-8-5-11-23-18)25-13-15-29-22(16-25)10-4-3-7-17-6-1-2-9-19(17)28-14-12-24-21(22)27/h1-2,6,9,18,23H,3-5,7-8,10-16H2,(H,24,27)/t18-,22?/m1/s1. The highest BCUT2D eigenvalue weighted by Crippen LogP contribution is 2.28. The van der Waals surface area contributed by atoms with Gasteiger partial charge in [-0.05, 0) is 56.7 Å². The lowest BCUT2D eigenvalue weighted by Gasteiger charge is -2.42. The molecule has 0 saturated carbocycles. The summed E-state index contributed by atoms with van der Waals surface area (Å²) in [5.74, 6) is 0.861. The van der Waals surface area contributed by atoms with Gasteiger partial charge in [0, 0.05) is 6.54 Å².